The Morgan fingerprint density at radius 2 is 2.32 bits per heavy atom. The summed E-state index contributed by atoms with van der Waals surface area (Å²) in [5.41, 5.74) is 8.17. The molecule has 2 aromatic heterocycles. The highest BCUT2D eigenvalue weighted by Gasteiger charge is 2.15. The van der Waals surface area contributed by atoms with Gasteiger partial charge in [0.1, 0.15) is 5.82 Å². The molecular formula is C14H14FN3S. The van der Waals surface area contributed by atoms with Crippen molar-refractivity contribution >= 4 is 16.3 Å². The lowest BCUT2D eigenvalue weighted by molar-refractivity contribution is 0.571. The summed E-state index contributed by atoms with van der Waals surface area (Å²) in [6.07, 6.45) is 4.43. The fourth-order valence-corrected chi connectivity index (χ4v) is 2.89. The van der Waals surface area contributed by atoms with Gasteiger partial charge in [0.2, 0.25) is 0 Å². The minimum absolute atomic E-state index is 0.212. The van der Waals surface area contributed by atoms with Gasteiger partial charge in [-0.05, 0) is 12.5 Å². The molecule has 0 aliphatic carbocycles. The van der Waals surface area contributed by atoms with Crippen molar-refractivity contribution in [1.82, 2.24) is 9.38 Å². The van der Waals surface area contributed by atoms with E-state index in [0.717, 1.165) is 10.7 Å². The Bertz CT molecular complexity index is 688. The molecule has 0 spiro atoms. The lowest BCUT2D eigenvalue weighted by Crippen LogP contribution is -2.15. The predicted molar refractivity (Wildman–Crippen MR) is 74.8 cm³/mol. The fourth-order valence-electron chi connectivity index (χ4n) is 2.17. The third kappa shape index (κ3) is 2.27. The van der Waals surface area contributed by atoms with Crippen LogP contribution in [0.3, 0.4) is 0 Å². The largest absolute Gasteiger partial charge is 0.324 e. The first-order valence-corrected chi connectivity index (χ1v) is 6.95. The minimum Gasteiger partial charge on any atom is -0.324 e. The molecule has 0 aliphatic heterocycles. The molecule has 0 saturated carbocycles. The highest BCUT2D eigenvalue weighted by atomic mass is 32.1. The van der Waals surface area contributed by atoms with Crippen LogP contribution in [0, 0.1) is 12.7 Å². The number of hydrogen-bond donors (Lipinski definition) is 1. The Labute approximate surface area is 114 Å². The summed E-state index contributed by atoms with van der Waals surface area (Å²) in [6.45, 7) is 1.75. The normalized spacial score (nSPS) is 13.0. The summed E-state index contributed by atoms with van der Waals surface area (Å²) in [7, 11) is 0. The molecule has 2 heterocycles. The van der Waals surface area contributed by atoms with Crippen molar-refractivity contribution in [2.75, 3.05) is 0 Å². The van der Waals surface area contributed by atoms with Crippen molar-refractivity contribution in [1.29, 1.82) is 0 Å². The van der Waals surface area contributed by atoms with Gasteiger partial charge in [-0.15, -0.1) is 11.3 Å². The minimum atomic E-state index is -0.371. The topological polar surface area (TPSA) is 43.3 Å². The third-order valence-electron chi connectivity index (χ3n) is 3.19. The molecule has 3 aromatic rings. The SMILES string of the molecule is Cc1cccc(C(N)Cc2cn3ccsc3n2)c1F. The lowest BCUT2D eigenvalue weighted by atomic mass is 10.0. The molecule has 3 nitrogen and oxygen atoms in total. The zero-order valence-corrected chi connectivity index (χ0v) is 11.3. The Balaban J connectivity index is 1.86. The molecule has 1 atom stereocenters. The summed E-state index contributed by atoms with van der Waals surface area (Å²) < 4.78 is 16.0. The monoisotopic (exact) mass is 275 g/mol. The first kappa shape index (κ1) is 12.3. The molecule has 0 radical (unpaired) electrons. The van der Waals surface area contributed by atoms with E-state index < -0.39 is 0 Å². The smallest absolute Gasteiger partial charge is 0.193 e. The standard InChI is InChI=1S/C14H14FN3S/c1-9-3-2-4-11(13(9)15)12(16)7-10-8-18-5-6-19-14(18)17-10/h2-6,8,12H,7,16H2,1H3. The van der Waals surface area contributed by atoms with Crippen LogP contribution in [0.1, 0.15) is 22.9 Å². The number of imidazole rings is 1. The third-order valence-corrected chi connectivity index (χ3v) is 3.96. The van der Waals surface area contributed by atoms with Gasteiger partial charge in [0, 0.05) is 35.8 Å². The van der Waals surface area contributed by atoms with Crippen molar-refractivity contribution < 1.29 is 4.39 Å². The number of thiazole rings is 1. The maximum atomic E-state index is 14.0. The summed E-state index contributed by atoms with van der Waals surface area (Å²) in [5.74, 6) is -0.212. The molecule has 3 rings (SSSR count). The van der Waals surface area contributed by atoms with E-state index in [1.54, 1.807) is 30.4 Å². The Kier molecular flexibility index (Phi) is 3.08. The molecule has 0 amide bonds. The van der Waals surface area contributed by atoms with E-state index >= 15 is 0 Å². The maximum absolute atomic E-state index is 14.0. The van der Waals surface area contributed by atoms with Gasteiger partial charge in [-0.1, -0.05) is 18.2 Å². The average molecular weight is 275 g/mol. The highest BCUT2D eigenvalue weighted by molar-refractivity contribution is 7.15. The molecule has 0 bridgehead atoms. The van der Waals surface area contributed by atoms with Crippen LogP contribution >= 0.6 is 11.3 Å². The summed E-state index contributed by atoms with van der Waals surface area (Å²) in [5, 5.41) is 1.98. The number of rotatable bonds is 3. The summed E-state index contributed by atoms with van der Waals surface area (Å²) >= 11 is 1.57. The lowest BCUT2D eigenvalue weighted by Gasteiger charge is -2.12. The van der Waals surface area contributed by atoms with Crippen LogP contribution in [0.15, 0.2) is 36.0 Å². The van der Waals surface area contributed by atoms with Crippen molar-refractivity contribution in [3.8, 4) is 0 Å². The number of benzene rings is 1. The number of fused-ring (bicyclic) bond motifs is 1. The van der Waals surface area contributed by atoms with E-state index in [2.05, 4.69) is 4.98 Å². The van der Waals surface area contributed by atoms with Gasteiger partial charge >= 0.3 is 0 Å². The van der Waals surface area contributed by atoms with Crippen LogP contribution in [0.25, 0.3) is 4.96 Å². The van der Waals surface area contributed by atoms with E-state index in [9.17, 15) is 4.39 Å². The van der Waals surface area contributed by atoms with Gasteiger partial charge < -0.3 is 5.73 Å². The average Bonchev–Trinajstić information content (AvgIpc) is 2.93. The van der Waals surface area contributed by atoms with Crippen molar-refractivity contribution in [2.45, 2.75) is 19.4 Å². The number of aryl methyl sites for hydroxylation is 1. The van der Waals surface area contributed by atoms with Crippen molar-refractivity contribution in [2.24, 2.45) is 5.73 Å². The van der Waals surface area contributed by atoms with Crippen LogP contribution in [-0.2, 0) is 6.42 Å². The molecule has 1 aromatic carbocycles. The van der Waals surface area contributed by atoms with Gasteiger partial charge in [-0.25, -0.2) is 9.37 Å². The van der Waals surface area contributed by atoms with Gasteiger partial charge in [0.25, 0.3) is 0 Å². The van der Waals surface area contributed by atoms with E-state index in [-0.39, 0.29) is 11.9 Å². The second-order valence-corrected chi connectivity index (χ2v) is 5.49. The van der Waals surface area contributed by atoms with E-state index in [1.165, 1.54) is 0 Å². The molecule has 0 aliphatic rings. The second kappa shape index (κ2) is 4.75. The first-order chi connectivity index (χ1) is 9.15. The molecule has 0 fully saturated rings. The van der Waals surface area contributed by atoms with Crippen LogP contribution in [0.5, 0.6) is 0 Å². The van der Waals surface area contributed by atoms with Crippen LogP contribution < -0.4 is 5.73 Å². The van der Waals surface area contributed by atoms with Gasteiger partial charge in [0.05, 0.1) is 5.69 Å². The molecule has 0 saturated heterocycles. The fraction of sp³-hybridized carbons (Fsp3) is 0.214. The Hall–Kier alpha value is -1.72. The van der Waals surface area contributed by atoms with Crippen LogP contribution in [0.4, 0.5) is 4.39 Å². The molecule has 1 unspecified atom stereocenters. The number of hydrogen-bond acceptors (Lipinski definition) is 3. The number of aromatic nitrogens is 2. The molecule has 5 heteroatoms. The van der Waals surface area contributed by atoms with E-state index in [0.29, 0.717) is 17.5 Å². The quantitative estimate of drug-likeness (QED) is 0.798. The summed E-state index contributed by atoms with van der Waals surface area (Å²) in [4.78, 5) is 5.41. The molecule has 19 heavy (non-hydrogen) atoms. The first-order valence-electron chi connectivity index (χ1n) is 6.07. The van der Waals surface area contributed by atoms with Gasteiger partial charge in [-0.2, -0.15) is 0 Å². The Morgan fingerprint density at radius 1 is 1.47 bits per heavy atom. The predicted octanol–water partition coefficient (Wildman–Crippen LogP) is 3.09. The molecule has 2 N–H and O–H groups in total. The maximum Gasteiger partial charge on any atom is 0.193 e. The zero-order valence-electron chi connectivity index (χ0n) is 10.5. The molecule has 98 valence electrons. The molecular weight excluding hydrogens is 261 g/mol. The number of nitrogens with two attached hydrogens (primary N) is 1. The summed E-state index contributed by atoms with van der Waals surface area (Å²) in [6, 6.07) is 4.95. The van der Waals surface area contributed by atoms with E-state index in [1.807, 2.05) is 28.2 Å². The van der Waals surface area contributed by atoms with Crippen LogP contribution in [-0.4, -0.2) is 9.38 Å². The zero-order chi connectivity index (χ0) is 13.4. The Morgan fingerprint density at radius 3 is 3.11 bits per heavy atom. The van der Waals surface area contributed by atoms with Gasteiger partial charge in [-0.3, -0.25) is 4.40 Å². The van der Waals surface area contributed by atoms with E-state index in [4.69, 9.17) is 5.73 Å². The second-order valence-electron chi connectivity index (χ2n) is 4.61. The number of nitrogens with zero attached hydrogens (tertiary/aromatic N) is 2. The van der Waals surface area contributed by atoms with Crippen molar-refractivity contribution in [3.63, 3.8) is 0 Å². The number of halogens is 1. The van der Waals surface area contributed by atoms with Crippen LogP contribution in [0.2, 0.25) is 0 Å². The van der Waals surface area contributed by atoms with Gasteiger partial charge in [0.15, 0.2) is 4.96 Å². The van der Waals surface area contributed by atoms with Crippen molar-refractivity contribution in [3.05, 3.63) is 58.6 Å². The highest BCUT2D eigenvalue weighted by Crippen LogP contribution is 2.22.